The van der Waals surface area contributed by atoms with E-state index in [0.29, 0.717) is 11.3 Å². The highest BCUT2D eigenvalue weighted by Gasteiger charge is 2.00. The monoisotopic (exact) mass is 216 g/mol. The number of rotatable bonds is 3. The molecule has 82 valence electrons. The molecule has 0 heterocycles. The minimum Gasteiger partial charge on any atom is -0.459 e. The van der Waals surface area contributed by atoms with Crippen LogP contribution in [-0.2, 0) is 9.53 Å². The number of carbonyl (C=O) groups excluding carboxylic acids is 1. The Labute approximate surface area is 94.2 Å². The first kappa shape index (κ1) is 11.9. The van der Waals surface area contributed by atoms with Crippen LogP contribution >= 0.6 is 0 Å². The first-order chi connectivity index (χ1) is 7.61. The van der Waals surface area contributed by atoms with E-state index in [1.807, 2.05) is 6.07 Å². The molecule has 0 aliphatic rings. The van der Waals surface area contributed by atoms with Crippen molar-refractivity contribution >= 4 is 17.9 Å². The van der Waals surface area contributed by atoms with Gasteiger partial charge in [-0.05, 0) is 38.1 Å². The van der Waals surface area contributed by atoms with E-state index in [1.165, 1.54) is 0 Å². The summed E-state index contributed by atoms with van der Waals surface area (Å²) in [6.45, 7) is 3.54. The van der Waals surface area contributed by atoms with Crippen molar-refractivity contribution in [2.75, 3.05) is 0 Å². The molecule has 0 saturated carbocycles. The Morgan fingerprint density at radius 1 is 1.44 bits per heavy atom. The SMILES string of the molecule is CC(C)OC(=O)C=Nc1ccc(C#N)cc1. The number of ether oxygens (including phenoxy) is 1. The van der Waals surface area contributed by atoms with Crippen LogP contribution in [0.5, 0.6) is 0 Å². The van der Waals surface area contributed by atoms with E-state index in [-0.39, 0.29) is 6.10 Å². The van der Waals surface area contributed by atoms with Gasteiger partial charge in [0, 0.05) is 0 Å². The zero-order chi connectivity index (χ0) is 12.0. The van der Waals surface area contributed by atoms with E-state index in [4.69, 9.17) is 10.00 Å². The van der Waals surface area contributed by atoms with Crippen molar-refractivity contribution < 1.29 is 9.53 Å². The summed E-state index contributed by atoms with van der Waals surface area (Å²) >= 11 is 0. The zero-order valence-corrected chi connectivity index (χ0v) is 9.18. The van der Waals surface area contributed by atoms with Gasteiger partial charge in [0.2, 0.25) is 0 Å². The lowest BCUT2D eigenvalue weighted by Gasteiger charge is -2.03. The highest BCUT2D eigenvalue weighted by atomic mass is 16.5. The van der Waals surface area contributed by atoms with E-state index in [2.05, 4.69) is 4.99 Å². The number of nitrogens with zero attached hydrogens (tertiary/aromatic N) is 2. The van der Waals surface area contributed by atoms with Gasteiger partial charge in [-0.3, -0.25) is 0 Å². The fourth-order valence-electron chi connectivity index (χ4n) is 1.01. The standard InChI is InChI=1S/C12H12N2O2/c1-9(2)16-12(15)8-14-11-5-3-10(7-13)4-6-11/h3-6,8-9H,1-2H3. The predicted molar refractivity (Wildman–Crippen MR) is 60.5 cm³/mol. The number of benzene rings is 1. The van der Waals surface area contributed by atoms with Crippen LogP contribution in [0, 0.1) is 11.3 Å². The molecular weight excluding hydrogens is 204 g/mol. The molecule has 1 aromatic carbocycles. The van der Waals surface area contributed by atoms with Gasteiger partial charge in [-0.1, -0.05) is 0 Å². The Morgan fingerprint density at radius 3 is 2.56 bits per heavy atom. The van der Waals surface area contributed by atoms with Crippen molar-refractivity contribution in [1.82, 2.24) is 0 Å². The van der Waals surface area contributed by atoms with E-state index < -0.39 is 5.97 Å². The van der Waals surface area contributed by atoms with Crippen molar-refractivity contribution in [1.29, 1.82) is 5.26 Å². The lowest BCUT2D eigenvalue weighted by Crippen LogP contribution is -2.11. The predicted octanol–water partition coefficient (Wildman–Crippen LogP) is 2.21. The normalized spacial score (nSPS) is 10.4. The molecule has 1 aromatic rings. The first-order valence-electron chi connectivity index (χ1n) is 4.86. The third kappa shape index (κ3) is 3.93. The Morgan fingerprint density at radius 2 is 2.06 bits per heavy atom. The average molecular weight is 216 g/mol. The molecule has 4 nitrogen and oxygen atoms in total. The van der Waals surface area contributed by atoms with Crippen molar-refractivity contribution in [2.45, 2.75) is 20.0 Å². The van der Waals surface area contributed by atoms with Gasteiger partial charge < -0.3 is 4.74 Å². The molecule has 0 unspecified atom stereocenters. The van der Waals surface area contributed by atoms with Gasteiger partial charge in [0.1, 0.15) is 6.21 Å². The highest BCUT2D eigenvalue weighted by Crippen LogP contribution is 2.11. The van der Waals surface area contributed by atoms with Crippen molar-refractivity contribution in [3.63, 3.8) is 0 Å². The number of hydrogen-bond acceptors (Lipinski definition) is 4. The highest BCUT2D eigenvalue weighted by molar-refractivity contribution is 6.23. The molecule has 16 heavy (non-hydrogen) atoms. The summed E-state index contributed by atoms with van der Waals surface area (Å²) in [7, 11) is 0. The second kappa shape index (κ2) is 5.66. The maximum atomic E-state index is 11.1. The van der Waals surface area contributed by atoms with E-state index >= 15 is 0 Å². The maximum absolute atomic E-state index is 11.1. The molecule has 0 aliphatic carbocycles. The molecule has 0 spiro atoms. The smallest absolute Gasteiger partial charge is 0.349 e. The van der Waals surface area contributed by atoms with Crippen LogP contribution in [0.3, 0.4) is 0 Å². The van der Waals surface area contributed by atoms with Gasteiger partial charge in [-0.25, -0.2) is 9.79 Å². The van der Waals surface area contributed by atoms with Crippen LogP contribution in [-0.4, -0.2) is 18.3 Å². The third-order valence-electron chi connectivity index (χ3n) is 1.67. The molecule has 0 aromatic heterocycles. The quantitative estimate of drug-likeness (QED) is 0.574. The summed E-state index contributed by atoms with van der Waals surface area (Å²) in [5.41, 5.74) is 1.17. The van der Waals surface area contributed by atoms with Gasteiger partial charge in [0.25, 0.3) is 0 Å². The molecule has 4 heteroatoms. The molecular formula is C12H12N2O2. The van der Waals surface area contributed by atoms with Gasteiger partial charge >= 0.3 is 5.97 Å². The lowest BCUT2D eigenvalue weighted by molar-refractivity contribution is -0.138. The molecule has 0 bridgehead atoms. The fourth-order valence-corrected chi connectivity index (χ4v) is 1.01. The lowest BCUT2D eigenvalue weighted by atomic mass is 10.2. The van der Waals surface area contributed by atoms with Gasteiger partial charge in [-0.2, -0.15) is 5.26 Å². The second-order valence-electron chi connectivity index (χ2n) is 3.40. The largest absolute Gasteiger partial charge is 0.459 e. The van der Waals surface area contributed by atoms with Crippen LogP contribution in [0.2, 0.25) is 0 Å². The van der Waals surface area contributed by atoms with E-state index in [0.717, 1.165) is 6.21 Å². The Kier molecular flexibility index (Phi) is 4.22. The van der Waals surface area contributed by atoms with Crippen LogP contribution in [0.1, 0.15) is 19.4 Å². The van der Waals surface area contributed by atoms with E-state index in [9.17, 15) is 4.79 Å². The summed E-state index contributed by atoms with van der Waals surface area (Å²) in [6.07, 6.45) is 0.974. The average Bonchev–Trinajstić information content (AvgIpc) is 2.26. The third-order valence-corrected chi connectivity index (χ3v) is 1.67. The molecule has 0 N–H and O–H groups in total. The first-order valence-corrected chi connectivity index (χ1v) is 4.86. The topological polar surface area (TPSA) is 62.4 Å². The Hall–Kier alpha value is -2.15. The Balaban J connectivity index is 2.63. The zero-order valence-electron chi connectivity index (χ0n) is 9.18. The second-order valence-corrected chi connectivity index (χ2v) is 3.40. The summed E-state index contributed by atoms with van der Waals surface area (Å²) in [5, 5.41) is 8.58. The minimum atomic E-state index is -0.473. The molecule has 1 rings (SSSR count). The van der Waals surface area contributed by atoms with Crippen LogP contribution < -0.4 is 0 Å². The van der Waals surface area contributed by atoms with Crippen molar-refractivity contribution in [2.24, 2.45) is 4.99 Å². The number of carbonyl (C=O) groups is 1. The fraction of sp³-hybridized carbons (Fsp3) is 0.250. The number of aliphatic imine (C=N–C) groups is 1. The van der Waals surface area contributed by atoms with Crippen LogP contribution in [0.25, 0.3) is 0 Å². The summed E-state index contributed by atoms with van der Waals surface area (Å²) in [4.78, 5) is 15.1. The molecule has 0 radical (unpaired) electrons. The summed E-state index contributed by atoms with van der Waals surface area (Å²) in [6, 6.07) is 8.61. The van der Waals surface area contributed by atoms with Crippen molar-refractivity contribution in [3.05, 3.63) is 29.8 Å². The summed E-state index contributed by atoms with van der Waals surface area (Å²) in [5.74, 6) is -0.473. The molecule has 0 fully saturated rings. The number of esters is 1. The Bertz CT molecular complexity index is 427. The maximum Gasteiger partial charge on any atom is 0.349 e. The van der Waals surface area contributed by atoms with E-state index in [1.54, 1.807) is 38.1 Å². The summed E-state index contributed by atoms with van der Waals surface area (Å²) < 4.78 is 4.88. The van der Waals surface area contributed by atoms with Crippen molar-refractivity contribution in [3.8, 4) is 6.07 Å². The molecule has 0 amide bonds. The van der Waals surface area contributed by atoms with Gasteiger partial charge in [0.05, 0.1) is 23.4 Å². The number of hydrogen-bond donors (Lipinski definition) is 0. The molecule has 0 aliphatic heterocycles. The van der Waals surface area contributed by atoms with Gasteiger partial charge in [-0.15, -0.1) is 0 Å². The molecule has 0 atom stereocenters. The number of nitriles is 1. The minimum absolute atomic E-state index is 0.153. The van der Waals surface area contributed by atoms with Gasteiger partial charge in [0.15, 0.2) is 0 Å². The van der Waals surface area contributed by atoms with Crippen LogP contribution in [0.15, 0.2) is 29.3 Å². The molecule has 0 saturated heterocycles. The van der Waals surface area contributed by atoms with Crippen LogP contribution in [0.4, 0.5) is 5.69 Å².